The van der Waals surface area contributed by atoms with Gasteiger partial charge < -0.3 is 0 Å². The minimum atomic E-state index is -0.0560. The van der Waals surface area contributed by atoms with Gasteiger partial charge in [0.15, 0.2) is 0 Å². The van der Waals surface area contributed by atoms with E-state index < -0.39 is 0 Å². The van der Waals surface area contributed by atoms with Crippen LogP contribution in [0, 0.1) is 0 Å². The topological polar surface area (TPSA) is 0 Å². The van der Waals surface area contributed by atoms with Crippen molar-refractivity contribution in [3.8, 4) is 33.4 Å². The normalized spacial score (nSPS) is 11.6. The van der Waals surface area contributed by atoms with Crippen LogP contribution in [0.15, 0.2) is 24.3 Å². The molecule has 0 spiro atoms. The highest BCUT2D eigenvalue weighted by molar-refractivity contribution is 6.75. The second-order valence-electron chi connectivity index (χ2n) is 13.6. The molecular weight excluding hydrogens is 649 g/mol. The van der Waals surface area contributed by atoms with Gasteiger partial charge in [0.2, 0.25) is 0 Å². The van der Waals surface area contributed by atoms with Crippen LogP contribution in [0.3, 0.4) is 0 Å². The molecule has 0 aliphatic carbocycles. The maximum Gasteiger partial charge on any atom is 0.113 e. The predicted octanol–water partition coefficient (Wildman–Crippen LogP) is -14.0. The molecule has 56 heavy (non-hydrogen) atoms. The van der Waals surface area contributed by atoms with Crippen LogP contribution in [-0.2, 0) is 0 Å². The first-order valence-electron chi connectivity index (χ1n) is 16.6. The molecule has 7 aromatic carbocycles. The highest BCUT2D eigenvalue weighted by Gasteiger charge is 2.27. The molecule has 0 fully saturated rings. The van der Waals surface area contributed by atoms with E-state index in [0.717, 1.165) is 0 Å². The van der Waals surface area contributed by atoms with Gasteiger partial charge in [0, 0.05) is 0 Å². The van der Waals surface area contributed by atoms with Gasteiger partial charge in [0.25, 0.3) is 0 Å². The summed E-state index contributed by atoms with van der Waals surface area (Å²) in [6.07, 6.45) is 0. The zero-order chi connectivity index (χ0) is 41.3. The molecule has 0 nitrogen and oxygen atoms in total. The molecule has 40 radical (unpaired) electrons. The first kappa shape index (κ1) is 40.8. The Kier molecular flexibility index (Phi) is 10.3. The summed E-state index contributed by atoms with van der Waals surface area (Å²) < 4.78 is 0. The van der Waals surface area contributed by atoms with E-state index in [0.29, 0.717) is 33.0 Å². The van der Waals surface area contributed by atoms with Crippen molar-refractivity contribution in [2.45, 2.75) is 0 Å². The summed E-state index contributed by atoms with van der Waals surface area (Å²) in [5.74, 6) is 0. The summed E-state index contributed by atoms with van der Waals surface area (Å²) in [6, 6.07) is 6.96. The molecule has 0 N–H and O–H groups in total. The van der Waals surface area contributed by atoms with Gasteiger partial charge in [0.1, 0.15) is 157 Å². The predicted molar refractivity (Wildman–Crippen MR) is 263 cm³/mol. The second-order valence-corrected chi connectivity index (χ2v) is 13.6. The van der Waals surface area contributed by atoms with Crippen LogP contribution in [0.25, 0.3) is 65.7 Å². The summed E-state index contributed by atoms with van der Waals surface area (Å²) in [6.45, 7) is 0. The first-order chi connectivity index (χ1) is 26.2. The molecule has 0 aromatic heterocycles. The van der Waals surface area contributed by atoms with Gasteiger partial charge in [-0.25, -0.2) is 0 Å². The van der Waals surface area contributed by atoms with Crippen LogP contribution in [0.1, 0.15) is 0 Å². The molecule has 20 heteroatoms. The third-order valence-electron chi connectivity index (χ3n) is 10.8. The molecule has 0 saturated carbocycles. The van der Waals surface area contributed by atoms with Crippen molar-refractivity contribution in [3.63, 3.8) is 0 Å². The van der Waals surface area contributed by atoms with Gasteiger partial charge in [-0.1, -0.05) is 78.9 Å². The molecular formula is C36H4B20. The first-order valence-corrected chi connectivity index (χ1v) is 16.6. The van der Waals surface area contributed by atoms with Crippen molar-refractivity contribution in [3.05, 3.63) is 24.3 Å². The number of fused-ring (bicyclic) bond motifs is 3. The molecule has 0 atom stereocenters. The monoisotopic (exact) mass is 656 g/mol. The quantitative estimate of drug-likeness (QED) is 0.132. The molecule has 7 rings (SSSR count). The van der Waals surface area contributed by atoms with Crippen molar-refractivity contribution in [2.75, 3.05) is 0 Å². The Hall–Kier alpha value is -3.38. The largest absolute Gasteiger partial charge is 0.113 e. The fourth-order valence-corrected chi connectivity index (χ4v) is 7.62. The zero-order valence-corrected chi connectivity index (χ0v) is 29.9. The van der Waals surface area contributed by atoms with Crippen LogP contribution in [0.5, 0.6) is 0 Å². The lowest BCUT2D eigenvalue weighted by Gasteiger charge is -2.31. The van der Waals surface area contributed by atoms with E-state index in [9.17, 15) is 0 Å². The number of rotatable bonds is 3. The van der Waals surface area contributed by atoms with Crippen molar-refractivity contribution in [1.82, 2.24) is 0 Å². The van der Waals surface area contributed by atoms with Gasteiger partial charge >= 0.3 is 0 Å². The van der Waals surface area contributed by atoms with Crippen LogP contribution in [0.2, 0.25) is 0 Å². The molecule has 0 unspecified atom stereocenters. The summed E-state index contributed by atoms with van der Waals surface area (Å²) in [5, 5.41) is 1.63. The molecule has 7 aromatic rings. The van der Waals surface area contributed by atoms with E-state index in [1.54, 1.807) is 24.3 Å². The highest BCUT2D eigenvalue weighted by atomic mass is 14.3. The van der Waals surface area contributed by atoms with Gasteiger partial charge in [0.05, 0.1) is 0 Å². The maximum atomic E-state index is 6.86. The molecule has 208 valence electrons. The van der Waals surface area contributed by atoms with E-state index >= 15 is 0 Å². The van der Waals surface area contributed by atoms with Crippen molar-refractivity contribution < 1.29 is 0 Å². The molecule has 0 aliphatic rings. The van der Waals surface area contributed by atoms with Gasteiger partial charge in [-0.3, -0.25) is 0 Å². The Bertz CT molecular complexity index is 2830. The number of benzene rings is 7. The summed E-state index contributed by atoms with van der Waals surface area (Å²) >= 11 is 0. The van der Waals surface area contributed by atoms with E-state index in [4.69, 9.17) is 157 Å². The SMILES string of the molecule is [B]c1c([B])c([B])c(-c2c3c([B])c([B])c([B])c([B])c3c(-c3ccc(-c4c([B])c([B])c([B])c5c([B])c([B])c([B])c([B])c45)cc3)c3c([B])c([B])c([B])c([B])c23)c([B])c1[B]. The highest BCUT2D eigenvalue weighted by Crippen LogP contribution is 2.40. The van der Waals surface area contributed by atoms with Gasteiger partial charge in [-0.15, -0.1) is 54.6 Å². The average Bonchev–Trinajstić information content (AvgIpc) is 3.18. The van der Waals surface area contributed by atoms with Crippen LogP contribution < -0.4 is 109 Å². The Balaban J connectivity index is 1.70. The lowest BCUT2D eigenvalue weighted by Crippen LogP contribution is -2.55. The third-order valence-corrected chi connectivity index (χ3v) is 10.8. The standard InChI is InChI=1S/C36H4B20/c37-17-8(12-16(25(45)27(17)47)26(46)33(53)30(50)20(12)40)6-3-1-5(2-4-6)7-10-13(21(41)31(51)28(48)18(10)38)9(14-11(7)19(39)29(49)32(52)22(14)42)15-23(43)34(54)36(56)35(55)24(15)44/h1-4H. The fourth-order valence-electron chi connectivity index (χ4n) is 7.62. The molecule has 0 heterocycles. The van der Waals surface area contributed by atoms with E-state index in [-0.39, 0.29) is 142 Å². The smallest absolute Gasteiger partial charge is 0.112 e. The zero-order valence-electron chi connectivity index (χ0n) is 29.9. The lowest BCUT2D eigenvalue weighted by molar-refractivity contribution is 1.68. The van der Waals surface area contributed by atoms with Crippen molar-refractivity contribution >= 4 is 298 Å². The molecule has 0 saturated heterocycles. The minimum Gasteiger partial charge on any atom is -0.112 e. The fraction of sp³-hybridized carbons (Fsp3) is 0. The van der Waals surface area contributed by atoms with Crippen LogP contribution >= 0.6 is 0 Å². The van der Waals surface area contributed by atoms with Crippen LogP contribution in [0.4, 0.5) is 0 Å². The number of hydrogen-bond acceptors (Lipinski definition) is 0. The van der Waals surface area contributed by atoms with Crippen molar-refractivity contribution in [1.29, 1.82) is 0 Å². The van der Waals surface area contributed by atoms with Gasteiger partial charge in [-0.2, -0.15) is 0 Å². The third kappa shape index (κ3) is 5.49. The van der Waals surface area contributed by atoms with Gasteiger partial charge in [-0.05, 0) is 65.7 Å². The minimum absolute atomic E-state index is 0.0101. The molecule has 0 bridgehead atoms. The lowest BCUT2D eigenvalue weighted by atomic mass is 9.56. The Morgan fingerprint density at radius 1 is 0.161 bits per heavy atom. The Morgan fingerprint density at radius 2 is 0.357 bits per heavy atom. The number of hydrogen-bond donors (Lipinski definition) is 0. The summed E-state index contributed by atoms with van der Waals surface area (Å²) in [4.78, 5) is 0. The summed E-state index contributed by atoms with van der Waals surface area (Å²) in [5.41, 5.74) is 2.33. The van der Waals surface area contributed by atoms with E-state index in [1.807, 2.05) is 0 Å². The summed E-state index contributed by atoms with van der Waals surface area (Å²) in [7, 11) is 130. The van der Waals surface area contributed by atoms with E-state index in [2.05, 4.69) is 0 Å². The maximum absolute atomic E-state index is 6.86. The van der Waals surface area contributed by atoms with Crippen molar-refractivity contribution in [2.24, 2.45) is 0 Å². The molecule has 0 amide bonds. The van der Waals surface area contributed by atoms with Crippen LogP contribution in [-0.4, -0.2) is 157 Å². The second kappa shape index (κ2) is 14.2. The Morgan fingerprint density at radius 3 is 0.696 bits per heavy atom. The Labute approximate surface area is 354 Å². The average molecular weight is 653 g/mol. The molecule has 0 aliphatic heterocycles. The van der Waals surface area contributed by atoms with E-state index in [1.165, 1.54) is 0 Å².